The minimum atomic E-state index is -0.342. The molecule has 8 heteroatoms. The maximum absolute atomic E-state index is 14.6. The quantitative estimate of drug-likeness (QED) is 0.310. The maximum Gasteiger partial charge on any atom is 0.160 e. The zero-order chi connectivity index (χ0) is 25.6. The van der Waals surface area contributed by atoms with Crippen LogP contribution in [0.1, 0.15) is 18.4 Å². The Morgan fingerprint density at radius 2 is 1.95 bits per heavy atom. The summed E-state index contributed by atoms with van der Waals surface area (Å²) in [5.41, 5.74) is 4.65. The van der Waals surface area contributed by atoms with Gasteiger partial charge in [0.05, 0.1) is 12.3 Å². The van der Waals surface area contributed by atoms with E-state index in [-0.39, 0.29) is 12.4 Å². The number of likely N-dealkylation sites (tertiary alicyclic amines) is 1. The Balaban J connectivity index is 1.46. The van der Waals surface area contributed by atoms with Gasteiger partial charge in [-0.1, -0.05) is 12.1 Å². The third kappa shape index (κ3) is 5.55. The zero-order valence-corrected chi connectivity index (χ0v) is 20.4. The molecule has 1 saturated heterocycles. The Hall–Kier alpha value is -4.01. The molecular formula is C29H29FN6O. The SMILES string of the molecule is N=C/C(=C\NC1CCN(CCO)CC1)c1cncc(-c2cc(-c3ccccc3F)nc3ncccc23)c1. The summed E-state index contributed by atoms with van der Waals surface area (Å²) < 4.78 is 14.6. The predicted molar refractivity (Wildman–Crippen MR) is 145 cm³/mol. The summed E-state index contributed by atoms with van der Waals surface area (Å²) in [5, 5.41) is 21.5. The van der Waals surface area contributed by atoms with Gasteiger partial charge in [-0.2, -0.15) is 0 Å². The van der Waals surface area contributed by atoms with Gasteiger partial charge in [0.2, 0.25) is 0 Å². The third-order valence-electron chi connectivity index (χ3n) is 6.75. The zero-order valence-electron chi connectivity index (χ0n) is 20.4. The van der Waals surface area contributed by atoms with Gasteiger partial charge in [-0.15, -0.1) is 0 Å². The monoisotopic (exact) mass is 496 g/mol. The summed E-state index contributed by atoms with van der Waals surface area (Å²) in [4.78, 5) is 15.8. The molecular weight excluding hydrogens is 467 g/mol. The maximum atomic E-state index is 14.6. The van der Waals surface area contributed by atoms with E-state index in [1.807, 2.05) is 30.5 Å². The van der Waals surface area contributed by atoms with E-state index in [2.05, 4.69) is 25.2 Å². The van der Waals surface area contributed by atoms with Crippen LogP contribution in [0.25, 0.3) is 39.0 Å². The Bertz CT molecular complexity index is 1430. The van der Waals surface area contributed by atoms with Crippen LogP contribution in [-0.4, -0.2) is 63.5 Å². The van der Waals surface area contributed by atoms with Crippen LogP contribution in [0.2, 0.25) is 0 Å². The van der Waals surface area contributed by atoms with E-state index in [0.717, 1.165) is 53.6 Å². The third-order valence-corrected chi connectivity index (χ3v) is 6.75. The summed E-state index contributed by atoms with van der Waals surface area (Å²) in [6.45, 7) is 2.78. The number of nitrogens with zero attached hydrogens (tertiary/aromatic N) is 4. The fraction of sp³-hybridized carbons (Fsp3) is 0.241. The van der Waals surface area contributed by atoms with Crippen LogP contribution in [-0.2, 0) is 0 Å². The summed E-state index contributed by atoms with van der Waals surface area (Å²) in [7, 11) is 0. The molecule has 0 unspecified atom stereocenters. The van der Waals surface area contributed by atoms with Crippen molar-refractivity contribution in [1.29, 1.82) is 5.41 Å². The first kappa shape index (κ1) is 24.7. The van der Waals surface area contributed by atoms with Crippen molar-refractivity contribution in [3.8, 4) is 22.4 Å². The molecule has 3 N–H and O–H groups in total. The lowest BCUT2D eigenvalue weighted by atomic mass is 9.98. The molecule has 37 heavy (non-hydrogen) atoms. The number of hydrogen-bond donors (Lipinski definition) is 3. The molecule has 0 radical (unpaired) electrons. The number of halogens is 1. The number of piperidine rings is 1. The first-order valence-corrected chi connectivity index (χ1v) is 12.4. The van der Waals surface area contributed by atoms with Crippen LogP contribution >= 0.6 is 0 Å². The predicted octanol–water partition coefficient (Wildman–Crippen LogP) is 4.53. The Labute approximate surface area is 215 Å². The van der Waals surface area contributed by atoms with Crippen LogP contribution in [0.3, 0.4) is 0 Å². The largest absolute Gasteiger partial charge is 0.395 e. The number of aliphatic hydroxyl groups excluding tert-OH is 1. The van der Waals surface area contributed by atoms with E-state index in [4.69, 9.17) is 10.5 Å². The van der Waals surface area contributed by atoms with E-state index >= 15 is 0 Å². The fourth-order valence-corrected chi connectivity index (χ4v) is 4.73. The molecule has 1 aliphatic heterocycles. The highest BCUT2D eigenvalue weighted by molar-refractivity contribution is 6.08. The smallest absolute Gasteiger partial charge is 0.160 e. The van der Waals surface area contributed by atoms with Gasteiger partial charge in [0.1, 0.15) is 5.82 Å². The molecule has 0 bridgehead atoms. The summed E-state index contributed by atoms with van der Waals surface area (Å²) >= 11 is 0. The molecule has 1 fully saturated rings. The lowest BCUT2D eigenvalue weighted by Gasteiger charge is -2.31. The average Bonchev–Trinajstić information content (AvgIpc) is 2.94. The van der Waals surface area contributed by atoms with Crippen LogP contribution in [0, 0.1) is 11.2 Å². The molecule has 0 amide bonds. The molecule has 1 aliphatic rings. The van der Waals surface area contributed by atoms with Crippen molar-refractivity contribution < 1.29 is 9.50 Å². The highest BCUT2D eigenvalue weighted by Gasteiger charge is 2.18. The van der Waals surface area contributed by atoms with Crippen LogP contribution < -0.4 is 5.32 Å². The molecule has 1 aromatic carbocycles. The number of pyridine rings is 3. The molecule has 5 rings (SSSR count). The number of aromatic nitrogens is 3. The van der Waals surface area contributed by atoms with E-state index in [1.165, 1.54) is 12.3 Å². The molecule has 0 saturated carbocycles. The van der Waals surface area contributed by atoms with E-state index in [0.29, 0.717) is 29.5 Å². The first-order chi connectivity index (χ1) is 18.2. The van der Waals surface area contributed by atoms with Crippen molar-refractivity contribution in [1.82, 2.24) is 25.2 Å². The van der Waals surface area contributed by atoms with Crippen LogP contribution in [0.4, 0.5) is 4.39 Å². The lowest BCUT2D eigenvalue weighted by molar-refractivity contribution is 0.160. The van der Waals surface area contributed by atoms with E-state index < -0.39 is 0 Å². The van der Waals surface area contributed by atoms with Crippen molar-refractivity contribution in [2.24, 2.45) is 0 Å². The highest BCUT2D eigenvalue weighted by Crippen LogP contribution is 2.33. The van der Waals surface area contributed by atoms with Gasteiger partial charge in [0, 0.05) is 84.3 Å². The van der Waals surface area contributed by atoms with Gasteiger partial charge in [-0.3, -0.25) is 4.98 Å². The number of allylic oxidation sites excluding steroid dienone is 1. The Morgan fingerprint density at radius 1 is 1.11 bits per heavy atom. The second-order valence-corrected chi connectivity index (χ2v) is 9.12. The van der Waals surface area contributed by atoms with Crippen molar-refractivity contribution in [3.05, 3.63) is 84.7 Å². The minimum Gasteiger partial charge on any atom is -0.395 e. The van der Waals surface area contributed by atoms with Gasteiger partial charge in [0.25, 0.3) is 0 Å². The van der Waals surface area contributed by atoms with Crippen molar-refractivity contribution >= 4 is 22.8 Å². The van der Waals surface area contributed by atoms with Gasteiger partial charge in [-0.05, 0) is 54.8 Å². The van der Waals surface area contributed by atoms with Gasteiger partial charge >= 0.3 is 0 Å². The number of aliphatic hydroxyl groups is 1. The van der Waals surface area contributed by atoms with E-state index in [1.54, 1.807) is 36.8 Å². The van der Waals surface area contributed by atoms with Crippen molar-refractivity contribution in [2.75, 3.05) is 26.2 Å². The average molecular weight is 497 g/mol. The summed E-state index contributed by atoms with van der Waals surface area (Å²) in [6.07, 6.45) is 10.4. The molecule has 0 aliphatic carbocycles. The van der Waals surface area contributed by atoms with Crippen molar-refractivity contribution in [3.63, 3.8) is 0 Å². The second-order valence-electron chi connectivity index (χ2n) is 9.12. The van der Waals surface area contributed by atoms with Crippen LogP contribution in [0.15, 0.2) is 73.3 Å². The standard InChI is InChI=1S/C29H29FN6O/c30-27-6-2-1-4-25(27)28-15-26(24-5-3-9-33-29(24)35-28)21-14-20(17-32-18-21)22(16-31)19-34-23-7-10-36(11-8-23)12-13-37/h1-6,9,14-19,23,31,34,37H,7-8,10-13H2/b22-19+,31-16?. The second kappa shape index (κ2) is 11.4. The minimum absolute atomic E-state index is 0.184. The van der Waals surface area contributed by atoms with Gasteiger partial charge < -0.3 is 20.7 Å². The molecule has 3 aromatic heterocycles. The number of β-amino-alcohol motifs (C(OH)–C–C–N with tert-alkyl or cyclic N) is 1. The fourth-order valence-electron chi connectivity index (χ4n) is 4.73. The van der Waals surface area contributed by atoms with Gasteiger partial charge in [0.15, 0.2) is 5.65 Å². The number of hydrogen-bond acceptors (Lipinski definition) is 7. The normalized spacial score (nSPS) is 15.1. The number of fused-ring (bicyclic) bond motifs is 1. The number of rotatable bonds is 8. The summed E-state index contributed by atoms with van der Waals surface area (Å²) in [5.74, 6) is -0.342. The van der Waals surface area contributed by atoms with Crippen LogP contribution in [0.5, 0.6) is 0 Å². The van der Waals surface area contributed by atoms with E-state index in [9.17, 15) is 4.39 Å². The molecule has 0 atom stereocenters. The molecule has 4 heterocycles. The summed E-state index contributed by atoms with van der Waals surface area (Å²) in [6, 6.07) is 14.6. The Kier molecular flexibility index (Phi) is 7.58. The number of benzene rings is 1. The molecule has 7 nitrogen and oxygen atoms in total. The highest BCUT2D eigenvalue weighted by atomic mass is 19.1. The number of nitrogens with one attached hydrogen (secondary N) is 2. The first-order valence-electron chi connectivity index (χ1n) is 12.4. The van der Waals surface area contributed by atoms with Crippen molar-refractivity contribution in [2.45, 2.75) is 18.9 Å². The molecule has 4 aromatic rings. The lowest BCUT2D eigenvalue weighted by Crippen LogP contribution is -2.41. The molecule has 0 spiro atoms. The topological polar surface area (TPSA) is 98.0 Å². The molecule has 188 valence electrons. The van der Waals surface area contributed by atoms with Gasteiger partial charge in [-0.25, -0.2) is 14.4 Å². The Morgan fingerprint density at radius 3 is 2.73 bits per heavy atom.